The van der Waals surface area contributed by atoms with E-state index in [1.54, 1.807) is 0 Å². The molecule has 0 spiro atoms. The molecule has 0 aliphatic heterocycles. The highest BCUT2D eigenvalue weighted by molar-refractivity contribution is 6.30. The van der Waals surface area contributed by atoms with E-state index in [1.165, 1.54) is 0 Å². The topological polar surface area (TPSA) is 64.9 Å². The monoisotopic (exact) mass is 279 g/mol. The van der Waals surface area contributed by atoms with Gasteiger partial charge in [-0.1, -0.05) is 28.9 Å². The predicted octanol–water partition coefficient (Wildman–Crippen LogP) is 2.98. The van der Waals surface area contributed by atoms with Crippen molar-refractivity contribution < 1.29 is 4.52 Å². The van der Waals surface area contributed by atoms with Crippen LogP contribution in [0.1, 0.15) is 37.0 Å². The largest absolute Gasteiger partial charge is 0.339 e. The summed E-state index contributed by atoms with van der Waals surface area (Å²) in [4.78, 5) is 4.37. The molecule has 1 aromatic heterocycles. The van der Waals surface area contributed by atoms with E-state index in [2.05, 4.69) is 10.1 Å². The molecule has 1 atom stereocenters. The van der Waals surface area contributed by atoms with Gasteiger partial charge in [0, 0.05) is 23.9 Å². The molecule has 19 heavy (non-hydrogen) atoms. The number of aryl methyl sites for hydroxylation is 1. The number of nitrogens with zero attached hydrogens (tertiary/aromatic N) is 2. The Hall–Kier alpha value is -1.39. The highest BCUT2D eigenvalue weighted by Gasteiger charge is 2.07. The second-order valence-electron chi connectivity index (χ2n) is 4.78. The average molecular weight is 280 g/mol. The van der Waals surface area contributed by atoms with Crippen molar-refractivity contribution in [2.45, 2.75) is 38.6 Å². The Bertz CT molecular complexity index is 508. The van der Waals surface area contributed by atoms with Crippen LogP contribution in [0, 0.1) is 0 Å². The summed E-state index contributed by atoms with van der Waals surface area (Å²) < 4.78 is 5.21. The number of halogens is 1. The van der Waals surface area contributed by atoms with E-state index in [4.69, 9.17) is 21.9 Å². The van der Waals surface area contributed by atoms with Crippen LogP contribution in [0.15, 0.2) is 28.8 Å². The van der Waals surface area contributed by atoms with Crippen LogP contribution in [-0.4, -0.2) is 16.2 Å². The van der Waals surface area contributed by atoms with Gasteiger partial charge in [0.05, 0.1) is 0 Å². The number of nitrogens with two attached hydrogens (primary N) is 1. The van der Waals surface area contributed by atoms with Crippen LogP contribution < -0.4 is 5.73 Å². The van der Waals surface area contributed by atoms with Crippen molar-refractivity contribution in [2.75, 3.05) is 0 Å². The van der Waals surface area contributed by atoms with E-state index in [1.807, 2.05) is 31.2 Å². The average Bonchev–Trinajstić information content (AvgIpc) is 2.79. The zero-order valence-electron chi connectivity index (χ0n) is 11.0. The van der Waals surface area contributed by atoms with Crippen molar-refractivity contribution in [1.29, 1.82) is 0 Å². The third kappa shape index (κ3) is 4.65. The first-order chi connectivity index (χ1) is 9.13. The van der Waals surface area contributed by atoms with Gasteiger partial charge in [-0.3, -0.25) is 0 Å². The Morgan fingerprint density at radius 1 is 1.32 bits per heavy atom. The molecule has 102 valence electrons. The van der Waals surface area contributed by atoms with Gasteiger partial charge in [-0.25, -0.2) is 0 Å². The SMILES string of the molecule is CC(N)CCCc1nc(Cc2ccc(Cl)cc2)no1. The molecule has 0 fully saturated rings. The van der Waals surface area contributed by atoms with Gasteiger partial charge in [0.15, 0.2) is 5.82 Å². The summed E-state index contributed by atoms with van der Waals surface area (Å²) >= 11 is 5.84. The summed E-state index contributed by atoms with van der Waals surface area (Å²) in [5.74, 6) is 1.39. The van der Waals surface area contributed by atoms with Crippen molar-refractivity contribution >= 4 is 11.6 Å². The first kappa shape index (κ1) is 14.0. The lowest BCUT2D eigenvalue weighted by molar-refractivity contribution is 0.368. The fourth-order valence-electron chi connectivity index (χ4n) is 1.82. The lowest BCUT2D eigenvalue weighted by atomic mass is 10.1. The maximum absolute atomic E-state index is 5.84. The molecule has 2 N–H and O–H groups in total. The van der Waals surface area contributed by atoms with Crippen molar-refractivity contribution in [2.24, 2.45) is 5.73 Å². The zero-order valence-corrected chi connectivity index (χ0v) is 11.7. The highest BCUT2D eigenvalue weighted by Crippen LogP contribution is 2.13. The highest BCUT2D eigenvalue weighted by atomic mass is 35.5. The molecule has 1 aromatic carbocycles. The fourth-order valence-corrected chi connectivity index (χ4v) is 1.95. The molecule has 0 aliphatic rings. The summed E-state index contributed by atoms with van der Waals surface area (Å²) in [5.41, 5.74) is 6.82. The lowest BCUT2D eigenvalue weighted by Gasteiger charge is -2.00. The zero-order chi connectivity index (χ0) is 13.7. The van der Waals surface area contributed by atoms with Gasteiger partial charge in [-0.15, -0.1) is 0 Å². The standard InChI is InChI=1S/C14H18ClN3O/c1-10(16)3-2-4-14-17-13(18-19-14)9-11-5-7-12(15)8-6-11/h5-8,10H,2-4,9,16H2,1H3. The van der Waals surface area contributed by atoms with E-state index in [0.717, 1.165) is 29.8 Å². The van der Waals surface area contributed by atoms with E-state index in [0.29, 0.717) is 18.1 Å². The molecule has 0 amide bonds. The Morgan fingerprint density at radius 2 is 2.05 bits per heavy atom. The maximum atomic E-state index is 5.84. The second kappa shape index (κ2) is 6.68. The summed E-state index contributed by atoms with van der Waals surface area (Å²) in [5, 5.41) is 4.71. The van der Waals surface area contributed by atoms with Crippen LogP contribution in [0.3, 0.4) is 0 Å². The molecule has 0 saturated carbocycles. The summed E-state index contributed by atoms with van der Waals surface area (Å²) in [7, 11) is 0. The molecular weight excluding hydrogens is 262 g/mol. The van der Waals surface area contributed by atoms with Gasteiger partial charge in [-0.05, 0) is 37.5 Å². The molecule has 4 nitrogen and oxygen atoms in total. The number of rotatable bonds is 6. The number of benzene rings is 1. The third-order valence-corrected chi connectivity index (χ3v) is 3.09. The van der Waals surface area contributed by atoms with Crippen LogP contribution in [0.2, 0.25) is 5.02 Å². The van der Waals surface area contributed by atoms with Gasteiger partial charge in [0.2, 0.25) is 5.89 Å². The molecule has 0 radical (unpaired) electrons. The smallest absolute Gasteiger partial charge is 0.226 e. The van der Waals surface area contributed by atoms with E-state index in [-0.39, 0.29) is 6.04 Å². The Kier molecular flexibility index (Phi) is 4.93. The van der Waals surface area contributed by atoms with Gasteiger partial charge in [0.1, 0.15) is 0 Å². The summed E-state index contributed by atoms with van der Waals surface area (Å²) in [6, 6.07) is 7.88. The minimum absolute atomic E-state index is 0.219. The van der Waals surface area contributed by atoms with Crippen molar-refractivity contribution in [3.63, 3.8) is 0 Å². The first-order valence-corrected chi connectivity index (χ1v) is 6.83. The normalized spacial score (nSPS) is 12.6. The molecule has 1 unspecified atom stereocenters. The Labute approximate surface area is 118 Å². The minimum Gasteiger partial charge on any atom is -0.339 e. The van der Waals surface area contributed by atoms with Gasteiger partial charge < -0.3 is 10.3 Å². The van der Waals surface area contributed by atoms with Crippen LogP contribution in [0.4, 0.5) is 0 Å². The number of hydrogen-bond donors (Lipinski definition) is 1. The Balaban J connectivity index is 1.88. The van der Waals surface area contributed by atoms with E-state index >= 15 is 0 Å². The quantitative estimate of drug-likeness (QED) is 0.883. The van der Waals surface area contributed by atoms with Crippen molar-refractivity contribution in [3.05, 3.63) is 46.6 Å². The molecule has 5 heteroatoms. The summed E-state index contributed by atoms with van der Waals surface area (Å²) in [6.07, 6.45) is 3.39. The van der Waals surface area contributed by atoms with Crippen LogP contribution in [0.25, 0.3) is 0 Å². The third-order valence-electron chi connectivity index (χ3n) is 2.84. The van der Waals surface area contributed by atoms with Crippen molar-refractivity contribution in [3.8, 4) is 0 Å². The lowest BCUT2D eigenvalue weighted by Crippen LogP contribution is -2.14. The molecule has 2 aromatic rings. The molecule has 2 rings (SSSR count). The molecular formula is C14H18ClN3O. The molecule has 0 saturated heterocycles. The molecule has 1 heterocycles. The van der Waals surface area contributed by atoms with Gasteiger partial charge in [0.25, 0.3) is 0 Å². The minimum atomic E-state index is 0.219. The maximum Gasteiger partial charge on any atom is 0.226 e. The fraction of sp³-hybridized carbons (Fsp3) is 0.429. The van der Waals surface area contributed by atoms with Gasteiger partial charge in [-0.2, -0.15) is 4.98 Å². The number of aromatic nitrogens is 2. The molecule has 0 aliphatic carbocycles. The Morgan fingerprint density at radius 3 is 2.74 bits per heavy atom. The van der Waals surface area contributed by atoms with Crippen molar-refractivity contribution in [1.82, 2.24) is 10.1 Å². The van der Waals surface area contributed by atoms with Crippen LogP contribution >= 0.6 is 11.6 Å². The van der Waals surface area contributed by atoms with E-state index in [9.17, 15) is 0 Å². The first-order valence-electron chi connectivity index (χ1n) is 6.45. The van der Waals surface area contributed by atoms with Gasteiger partial charge >= 0.3 is 0 Å². The van der Waals surface area contributed by atoms with Crippen LogP contribution in [-0.2, 0) is 12.8 Å². The molecule has 0 bridgehead atoms. The summed E-state index contributed by atoms with van der Waals surface area (Å²) in [6.45, 7) is 2.00. The number of hydrogen-bond acceptors (Lipinski definition) is 4. The second-order valence-corrected chi connectivity index (χ2v) is 5.21. The van der Waals surface area contributed by atoms with Crippen LogP contribution in [0.5, 0.6) is 0 Å². The predicted molar refractivity (Wildman–Crippen MR) is 75.1 cm³/mol. The van der Waals surface area contributed by atoms with E-state index < -0.39 is 0 Å².